The number of hydrogen-bond acceptors (Lipinski definition) is 8. The van der Waals surface area contributed by atoms with E-state index in [4.69, 9.17) is 0 Å². The number of anilines is 3. The maximum absolute atomic E-state index is 14.4. The topological polar surface area (TPSA) is 122 Å². The predicted molar refractivity (Wildman–Crippen MR) is 151 cm³/mol. The summed E-state index contributed by atoms with van der Waals surface area (Å²) in [6.45, 7) is 8.76. The van der Waals surface area contributed by atoms with E-state index in [0.717, 1.165) is 23.9 Å². The van der Waals surface area contributed by atoms with Crippen molar-refractivity contribution in [2.45, 2.75) is 26.9 Å². The number of amides is 1. The molecule has 14 heteroatoms. The number of alkyl halides is 3. The average Bonchev–Trinajstić information content (AvgIpc) is 3.38. The molecule has 4 aromatic rings. The minimum Gasteiger partial charge on any atom is -0.354 e. The Hall–Kier alpha value is -5.40. The molecule has 0 fully saturated rings. The Morgan fingerprint density at radius 3 is 2.48 bits per heavy atom. The largest absolute Gasteiger partial charge is 0.416 e. The van der Waals surface area contributed by atoms with Crippen LogP contribution in [0.1, 0.15) is 41.3 Å². The molecular weight excluding hydrogens is 554 g/mol. The zero-order valence-electron chi connectivity index (χ0n) is 22.7. The molecule has 0 aliphatic rings. The van der Waals surface area contributed by atoms with Crippen molar-refractivity contribution in [3.63, 3.8) is 0 Å². The summed E-state index contributed by atoms with van der Waals surface area (Å²) in [4.78, 5) is 32.3. The molecule has 0 unspecified atom stereocenters. The number of pyridine rings is 1. The van der Waals surface area contributed by atoms with Crippen molar-refractivity contribution in [1.29, 1.82) is 0 Å². The molecule has 42 heavy (non-hydrogen) atoms. The number of nitrogens with one attached hydrogen (secondary N) is 3. The summed E-state index contributed by atoms with van der Waals surface area (Å²) in [5, 5.41) is 2.88. The second-order valence-electron chi connectivity index (χ2n) is 9.20. The third-order valence-corrected chi connectivity index (χ3v) is 5.52. The van der Waals surface area contributed by atoms with Crippen molar-refractivity contribution >= 4 is 35.5 Å². The van der Waals surface area contributed by atoms with Gasteiger partial charge < -0.3 is 9.88 Å². The van der Waals surface area contributed by atoms with Gasteiger partial charge in [0.2, 0.25) is 5.95 Å². The van der Waals surface area contributed by atoms with E-state index < -0.39 is 23.5 Å². The first-order valence-electron chi connectivity index (χ1n) is 12.3. The van der Waals surface area contributed by atoms with E-state index in [1.54, 1.807) is 19.2 Å². The van der Waals surface area contributed by atoms with Crippen LogP contribution in [-0.4, -0.2) is 37.1 Å². The number of rotatable bonds is 9. The van der Waals surface area contributed by atoms with Gasteiger partial charge >= 0.3 is 6.18 Å². The van der Waals surface area contributed by atoms with Gasteiger partial charge in [0.15, 0.2) is 5.82 Å². The molecule has 1 amide bonds. The Morgan fingerprint density at radius 2 is 1.86 bits per heavy atom. The number of hydrazine groups is 1. The Labute approximate surface area is 238 Å². The number of carbonyl (C=O) groups is 1. The van der Waals surface area contributed by atoms with Gasteiger partial charge in [-0.1, -0.05) is 11.6 Å². The number of aliphatic imine (C=N–C) groups is 1. The summed E-state index contributed by atoms with van der Waals surface area (Å²) < 4.78 is 56.5. The van der Waals surface area contributed by atoms with Crippen molar-refractivity contribution in [3.8, 4) is 5.69 Å². The van der Waals surface area contributed by atoms with E-state index in [2.05, 4.69) is 47.8 Å². The average molecular weight is 580 g/mol. The third-order valence-electron chi connectivity index (χ3n) is 5.52. The third kappa shape index (κ3) is 7.41. The van der Waals surface area contributed by atoms with Crippen molar-refractivity contribution in [3.05, 3.63) is 102 Å². The molecular formula is C28H25F4N9O. The molecule has 4 rings (SSSR count). The Kier molecular flexibility index (Phi) is 8.74. The van der Waals surface area contributed by atoms with Crippen LogP contribution >= 0.6 is 0 Å². The van der Waals surface area contributed by atoms with Gasteiger partial charge in [-0.2, -0.15) is 13.2 Å². The van der Waals surface area contributed by atoms with Crippen LogP contribution in [0.15, 0.2) is 78.1 Å². The molecule has 1 aromatic carbocycles. The van der Waals surface area contributed by atoms with Crippen LogP contribution in [0.2, 0.25) is 0 Å². The van der Waals surface area contributed by atoms with Gasteiger partial charge in [-0.15, -0.1) is 0 Å². The first-order valence-corrected chi connectivity index (χ1v) is 12.3. The molecule has 216 valence electrons. The Morgan fingerprint density at radius 1 is 1.07 bits per heavy atom. The van der Waals surface area contributed by atoms with Crippen LogP contribution in [0.25, 0.3) is 11.3 Å². The summed E-state index contributed by atoms with van der Waals surface area (Å²) in [6, 6.07) is 6.37. The van der Waals surface area contributed by atoms with Crippen molar-refractivity contribution in [2.24, 2.45) is 4.99 Å². The molecule has 0 aliphatic heterocycles. The molecule has 3 N–H and O–H groups in total. The van der Waals surface area contributed by atoms with Gasteiger partial charge in [0, 0.05) is 29.3 Å². The van der Waals surface area contributed by atoms with Crippen LogP contribution in [0.5, 0.6) is 0 Å². The lowest BCUT2D eigenvalue weighted by atomic mass is 10.1. The SMILES string of the molecule is C=N/C=C(\C=C(C)C)c1nc(NNC(=O)c2ccc(Nc3cc(-n4cnc(C)c4)cc(C(F)(F)F)c3)cn2)ncc1F. The number of aryl methyl sites for hydroxylation is 1. The molecule has 0 saturated heterocycles. The first kappa shape index (κ1) is 29.6. The van der Waals surface area contributed by atoms with Gasteiger partial charge in [-0.25, -0.2) is 24.3 Å². The van der Waals surface area contributed by atoms with Crippen LogP contribution in [0.3, 0.4) is 0 Å². The fourth-order valence-electron chi connectivity index (χ4n) is 3.71. The van der Waals surface area contributed by atoms with Gasteiger partial charge in [0.25, 0.3) is 5.91 Å². The van der Waals surface area contributed by atoms with Crippen LogP contribution in [0, 0.1) is 12.7 Å². The van der Waals surface area contributed by atoms with Crippen LogP contribution in [-0.2, 0) is 6.18 Å². The zero-order valence-corrected chi connectivity index (χ0v) is 22.7. The normalized spacial score (nSPS) is 11.5. The maximum Gasteiger partial charge on any atom is 0.416 e. The fourth-order valence-corrected chi connectivity index (χ4v) is 3.71. The van der Waals surface area contributed by atoms with E-state index >= 15 is 0 Å². The minimum atomic E-state index is -4.57. The number of carbonyl (C=O) groups excluding carboxylic acids is 1. The van der Waals surface area contributed by atoms with E-state index in [9.17, 15) is 22.4 Å². The smallest absolute Gasteiger partial charge is 0.354 e. The number of allylic oxidation sites excluding steroid dienone is 3. The van der Waals surface area contributed by atoms with Crippen molar-refractivity contribution < 1.29 is 22.4 Å². The lowest BCUT2D eigenvalue weighted by Gasteiger charge is -2.14. The molecule has 3 aromatic heterocycles. The highest BCUT2D eigenvalue weighted by molar-refractivity contribution is 5.93. The maximum atomic E-state index is 14.4. The standard InChI is InChI=1S/C28H25F4N9O/c1-16(2)7-18(11-33-4)25-23(29)13-35-27(38-25)40-39-26(42)24-6-5-20(12-34-24)37-21-8-19(28(30,31)32)9-22(10-21)41-14-17(3)36-15-41/h5-15,37H,4H2,1-3H3,(H,39,42)(H,35,38,40)/b18-11+. The predicted octanol–water partition coefficient (Wildman–Crippen LogP) is 6.03. The van der Waals surface area contributed by atoms with Crippen LogP contribution < -0.4 is 16.2 Å². The zero-order chi connectivity index (χ0) is 30.4. The van der Waals surface area contributed by atoms with Gasteiger partial charge in [0.05, 0.1) is 35.7 Å². The van der Waals surface area contributed by atoms with Gasteiger partial charge in [0.1, 0.15) is 11.4 Å². The van der Waals surface area contributed by atoms with Crippen molar-refractivity contribution in [2.75, 3.05) is 10.7 Å². The number of benzene rings is 1. The summed E-state index contributed by atoms with van der Waals surface area (Å²) in [5.41, 5.74) is 6.60. The summed E-state index contributed by atoms with van der Waals surface area (Å²) in [7, 11) is 0. The van der Waals surface area contributed by atoms with E-state index in [1.165, 1.54) is 41.5 Å². The molecule has 0 bridgehead atoms. The highest BCUT2D eigenvalue weighted by Gasteiger charge is 2.31. The molecule has 0 aliphatic carbocycles. The molecule has 10 nitrogen and oxygen atoms in total. The Bertz CT molecular complexity index is 1670. The molecule has 3 heterocycles. The summed E-state index contributed by atoms with van der Waals surface area (Å²) in [6.07, 6.45) is 3.71. The lowest BCUT2D eigenvalue weighted by molar-refractivity contribution is -0.137. The highest BCUT2D eigenvalue weighted by atomic mass is 19.4. The second-order valence-corrected chi connectivity index (χ2v) is 9.20. The molecule has 0 atom stereocenters. The second kappa shape index (κ2) is 12.4. The van der Waals surface area contributed by atoms with Crippen molar-refractivity contribution in [1.82, 2.24) is 29.9 Å². The fraction of sp³-hybridized carbons (Fsp3) is 0.143. The number of aromatic nitrogens is 5. The van der Waals surface area contributed by atoms with E-state index in [0.29, 0.717) is 17.0 Å². The number of halogens is 4. The number of hydrogen-bond donors (Lipinski definition) is 3. The van der Waals surface area contributed by atoms with Crippen LogP contribution in [0.4, 0.5) is 34.9 Å². The van der Waals surface area contributed by atoms with Gasteiger partial charge in [-0.3, -0.25) is 20.6 Å². The first-order chi connectivity index (χ1) is 19.9. The van der Waals surface area contributed by atoms with E-state index in [-0.39, 0.29) is 28.7 Å². The molecule has 0 radical (unpaired) electrons. The quantitative estimate of drug-likeness (QED) is 0.0958. The number of imidazole rings is 1. The lowest BCUT2D eigenvalue weighted by Crippen LogP contribution is -2.31. The minimum absolute atomic E-state index is 0.0185. The molecule has 0 spiro atoms. The molecule has 0 saturated carbocycles. The Balaban J connectivity index is 1.47. The summed E-state index contributed by atoms with van der Waals surface area (Å²) >= 11 is 0. The summed E-state index contributed by atoms with van der Waals surface area (Å²) in [5.74, 6) is -1.46. The monoisotopic (exact) mass is 579 g/mol. The highest BCUT2D eigenvalue weighted by Crippen LogP contribution is 2.34. The van der Waals surface area contributed by atoms with Gasteiger partial charge in [-0.05, 0) is 57.8 Å². The van der Waals surface area contributed by atoms with E-state index in [1.807, 2.05) is 13.8 Å². The number of nitrogens with zero attached hydrogens (tertiary/aromatic N) is 6.